The Balaban J connectivity index is 2.41. The lowest BCUT2D eigenvalue weighted by molar-refractivity contribution is 0.297. The van der Waals surface area contributed by atoms with Gasteiger partial charge in [-0.3, -0.25) is 0 Å². The molecule has 1 N–H and O–H groups in total. The first kappa shape index (κ1) is 11.5. The summed E-state index contributed by atoms with van der Waals surface area (Å²) in [6.45, 7) is 5.41. The van der Waals surface area contributed by atoms with Crippen molar-refractivity contribution in [3.05, 3.63) is 23.9 Å². The van der Waals surface area contributed by atoms with E-state index in [2.05, 4.69) is 24.1 Å². The Morgan fingerprint density at radius 2 is 2.40 bits per heavy atom. The standard InChI is InChI=1S/C11H15N3O/c1-9(2)13-6-7-15-11-10(8-12)4-3-5-14-11/h3-5,9,13H,6-7H2,1-2H3. The minimum Gasteiger partial charge on any atom is -0.475 e. The third-order valence-corrected chi connectivity index (χ3v) is 1.79. The monoisotopic (exact) mass is 205 g/mol. The zero-order valence-corrected chi connectivity index (χ0v) is 9.03. The molecule has 0 aliphatic rings. The molecule has 80 valence electrons. The summed E-state index contributed by atoms with van der Waals surface area (Å²) in [5.74, 6) is 0.408. The molecule has 0 saturated heterocycles. The van der Waals surface area contributed by atoms with Crippen LogP contribution in [0.1, 0.15) is 19.4 Å². The van der Waals surface area contributed by atoms with Crippen molar-refractivity contribution in [2.24, 2.45) is 0 Å². The highest BCUT2D eigenvalue weighted by molar-refractivity contribution is 5.36. The van der Waals surface area contributed by atoms with Crippen molar-refractivity contribution in [3.63, 3.8) is 0 Å². The third-order valence-electron chi connectivity index (χ3n) is 1.79. The molecule has 0 aliphatic carbocycles. The molecule has 4 nitrogen and oxygen atoms in total. The van der Waals surface area contributed by atoms with E-state index in [1.807, 2.05) is 6.07 Å². The number of hydrogen-bond acceptors (Lipinski definition) is 4. The van der Waals surface area contributed by atoms with Gasteiger partial charge in [-0.1, -0.05) is 13.8 Å². The lowest BCUT2D eigenvalue weighted by atomic mass is 10.3. The Labute approximate surface area is 89.9 Å². The van der Waals surface area contributed by atoms with Crippen molar-refractivity contribution < 1.29 is 4.74 Å². The minimum absolute atomic E-state index is 0.408. The molecule has 0 radical (unpaired) electrons. The van der Waals surface area contributed by atoms with E-state index < -0.39 is 0 Å². The molecule has 0 bridgehead atoms. The number of ether oxygens (including phenoxy) is 1. The fourth-order valence-corrected chi connectivity index (χ4v) is 1.09. The van der Waals surface area contributed by atoms with Crippen LogP contribution in [0, 0.1) is 11.3 Å². The second kappa shape index (κ2) is 5.99. The topological polar surface area (TPSA) is 57.9 Å². The van der Waals surface area contributed by atoms with Crippen LogP contribution in [0.25, 0.3) is 0 Å². The van der Waals surface area contributed by atoms with Gasteiger partial charge in [-0.2, -0.15) is 5.26 Å². The molecule has 1 aromatic heterocycles. The van der Waals surface area contributed by atoms with Crippen LogP contribution >= 0.6 is 0 Å². The summed E-state index contributed by atoms with van der Waals surface area (Å²) in [6, 6.07) is 5.89. The zero-order valence-electron chi connectivity index (χ0n) is 9.03. The van der Waals surface area contributed by atoms with Crippen LogP contribution < -0.4 is 10.1 Å². The Bertz CT molecular complexity index is 344. The predicted molar refractivity (Wildman–Crippen MR) is 57.6 cm³/mol. The largest absolute Gasteiger partial charge is 0.475 e. The Morgan fingerprint density at radius 1 is 1.60 bits per heavy atom. The molecule has 1 aromatic rings. The molecule has 1 rings (SSSR count). The molecule has 4 heteroatoms. The molecule has 0 aliphatic heterocycles. The highest BCUT2D eigenvalue weighted by Gasteiger charge is 2.02. The van der Waals surface area contributed by atoms with Gasteiger partial charge in [0.25, 0.3) is 0 Å². The minimum atomic E-state index is 0.408. The van der Waals surface area contributed by atoms with E-state index >= 15 is 0 Å². The summed E-state index contributed by atoms with van der Waals surface area (Å²) < 4.78 is 5.38. The van der Waals surface area contributed by atoms with E-state index in [-0.39, 0.29) is 0 Å². The Kier molecular flexibility index (Phi) is 4.58. The van der Waals surface area contributed by atoms with Crippen molar-refractivity contribution >= 4 is 0 Å². The molecule has 1 heterocycles. The van der Waals surface area contributed by atoms with E-state index in [0.717, 1.165) is 6.54 Å². The number of hydrogen-bond donors (Lipinski definition) is 1. The van der Waals surface area contributed by atoms with Crippen molar-refractivity contribution in [3.8, 4) is 11.9 Å². The van der Waals surface area contributed by atoms with Crippen molar-refractivity contribution in [2.45, 2.75) is 19.9 Å². The third kappa shape index (κ3) is 3.96. The number of pyridine rings is 1. The van der Waals surface area contributed by atoms with Gasteiger partial charge in [0.15, 0.2) is 0 Å². The lowest BCUT2D eigenvalue weighted by Gasteiger charge is -2.09. The first-order chi connectivity index (χ1) is 7.24. The average Bonchev–Trinajstić information content (AvgIpc) is 2.24. The molecule has 0 atom stereocenters. The van der Waals surface area contributed by atoms with E-state index in [1.54, 1.807) is 18.3 Å². The van der Waals surface area contributed by atoms with Gasteiger partial charge in [-0.25, -0.2) is 4.98 Å². The Hall–Kier alpha value is -1.60. The van der Waals surface area contributed by atoms with Crippen LogP contribution in [0.5, 0.6) is 5.88 Å². The maximum Gasteiger partial charge on any atom is 0.231 e. The van der Waals surface area contributed by atoms with E-state index in [9.17, 15) is 0 Å². The summed E-state index contributed by atoms with van der Waals surface area (Å²) in [4.78, 5) is 3.99. The number of nitrogens with one attached hydrogen (secondary N) is 1. The van der Waals surface area contributed by atoms with Crippen LogP contribution in [0.3, 0.4) is 0 Å². The average molecular weight is 205 g/mol. The normalized spacial score (nSPS) is 10.0. The van der Waals surface area contributed by atoms with Crippen molar-refractivity contribution in [1.82, 2.24) is 10.3 Å². The molecular formula is C11H15N3O. The van der Waals surface area contributed by atoms with Crippen LogP contribution in [-0.2, 0) is 0 Å². The molecule has 15 heavy (non-hydrogen) atoms. The fraction of sp³-hybridized carbons (Fsp3) is 0.455. The summed E-state index contributed by atoms with van der Waals surface area (Å²) in [6.07, 6.45) is 1.62. The molecule has 0 fully saturated rings. The molecule has 0 saturated carbocycles. The molecule has 0 aromatic carbocycles. The maximum atomic E-state index is 8.78. The maximum absolute atomic E-state index is 8.78. The van der Waals surface area contributed by atoms with E-state index in [1.165, 1.54) is 0 Å². The second-order valence-electron chi connectivity index (χ2n) is 3.43. The zero-order chi connectivity index (χ0) is 11.1. The van der Waals surface area contributed by atoms with Crippen LogP contribution in [0.2, 0.25) is 0 Å². The van der Waals surface area contributed by atoms with E-state index in [0.29, 0.717) is 24.1 Å². The fourth-order valence-electron chi connectivity index (χ4n) is 1.09. The number of aromatic nitrogens is 1. The number of rotatable bonds is 5. The quantitative estimate of drug-likeness (QED) is 0.737. The SMILES string of the molecule is CC(C)NCCOc1ncccc1C#N. The van der Waals surface area contributed by atoms with Gasteiger partial charge in [0.1, 0.15) is 18.2 Å². The van der Waals surface area contributed by atoms with Crippen molar-refractivity contribution in [2.75, 3.05) is 13.2 Å². The molecule has 0 amide bonds. The highest BCUT2D eigenvalue weighted by Crippen LogP contribution is 2.11. The summed E-state index contributed by atoms with van der Waals surface area (Å²) in [7, 11) is 0. The van der Waals surface area contributed by atoms with Gasteiger partial charge < -0.3 is 10.1 Å². The van der Waals surface area contributed by atoms with Gasteiger partial charge in [0, 0.05) is 18.8 Å². The van der Waals surface area contributed by atoms with Gasteiger partial charge in [-0.05, 0) is 12.1 Å². The Morgan fingerprint density at radius 3 is 3.07 bits per heavy atom. The second-order valence-corrected chi connectivity index (χ2v) is 3.43. The van der Waals surface area contributed by atoms with Crippen LogP contribution in [0.15, 0.2) is 18.3 Å². The van der Waals surface area contributed by atoms with Gasteiger partial charge in [0.2, 0.25) is 5.88 Å². The van der Waals surface area contributed by atoms with Crippen LogP contribution in [-0.4, -0.2) is 24.2 Å². The first-order valence-corrected chi connectivity index (χ1v) is 4.95. The molecule has 0 spiro atoms. The first-order valence-electron chi connectivity index (χ1n) is 4.95. The van der Waals surface area contributed by atoms with Gasteiger partial charge >= 0.3 is 0 Å². The lowest BCUT2D eigenvalue weighted by Crippen LogP contribution is -2.27. The smallest absolute Gasteiger partial charge is 0.231 e. The van der Waals surface area contributed by atoms with Crippen molar-refractivity contribution in [1.29, 1.82) is 5.26 Å². The summed E-state index contributed by atoms with van der Waals surface area (Å²) in [5, 5.41) is 12.0. The molecular weight excluding hydrogens is 190 g/mol. The predicted octanol–water partition coefficient (Wildman–Crippen LogP) is 1.33. The molecule has 0 unspecified atom stereocenters. The van der Waals surface area contributed by atoms with Gasteiger partial charge in [0.05, 0.1) is 0 Å². The number of nitrogens with zero attached hydrogens (tertiary/aromatic N) is 2. The number of nitriles is 1. The van der Waals surface area contributed by atoms with Gasteiger partial charge in [-0.15, -0.1) is 0 Å². The van der Waals surface area contributed by atoms with Crippen LogP contribution in [0.4, 0.5) is 0 Å². The summed E-state index contributed by atoms with van der Waals surface area (Å²) in [5.41, 5.74) is 0.474. The highest BCUT2D eigenvalue weighted by atomic mass is 16.5. The van der Waals surface area contributed by atoms with E-state index in [4.69, 9.17) is 10.00 Å². The summed E-state index contributed by atoms with van der Waals surface area (Å²) >= 11 is 0.